The van der Waals surface area contributed by atoms with Crippen LogP contribution in [0.15, 0.2) is 48.5 Å². The average Bonchev–Trinajstić information content (AvgIpc) is 2.45. The molecule has 0 spiro atoms. The maximum atomic E-state index is 12.5. The summed E-state index contributed by atoms with van der Waals surface area (Å²) in [7, 11) is 0. The second kappa shape index (κ2) is 6.05. The highest BCUT2D eigenvalue weighted by molar-refractivity contribution is 6.13. The number of para-hydroxylation sites is 2. The van der Waals surface area contributed by atoms with Gasteiger partial charge in [-0.15, -0.1) is 0 Å². The summed E-state index contributed by atoms with van der Waals surface area (Å²) < 4.78 is 5.61. The first-order valence-corrected chi connectivity index (χ1v) is 6.35. The average molecular weight is 255 g/mol. The molecular formula is C16H17NO2. The lowest BCUT2D eigenvalue weighted by Crippen LogP contribution is -2.08. The minimum Gasteiger partial charge on any atom is -0.493 e. The summed E-state index contributed by atoms with van der Waals surface area (Å²) in [6.45, 7) is 2.62. The molecule has 98 valence electrons. The van der Waals surface area contributed by atoms with Crippen LogP contribution in [0.1, 0.15) is 29.3 Å². The summed E-state index contributed by atoms with van der Waals surface area (Å²) in [5.74, 6) is 0.502. The van der Waals surface area contributed by atoms with E-state index >= 15 is 0 Å². The molecule has 19 heavy (non-hydrogen) atoms. The van der Waals surface area contributed by atoms with E-state index in [9.17, 15) is 4.79 Å². The highest BCUT2D eigenvalue weighted by Gasteiger charge is 2.16. The van der Waals surface area contributed by atoms with Crippen molar-refractivity contribution in [3.8, 4) is 5.75 Å². The Hall–Kier alpha value is -2.29. The molecule has 0 bridgehead atoms. The van der Waals surface area contributed by atoms with Gasteiger partial charge in [0, 0.05) is 11.3 Å². The zero-order valence-corrected chi connectivity index (χ0v) is 10.9. The SMILES string of the molecule is CCCOc1ccccc1C(=O)c1ccccc1N. The Morgan fingerprint density at radius 1 is 1.05 bits per heavy atom. The molecule has 0 fully saturated rings. The number of carbonyl (C=O) groups excluding carboxylic acids is 1. The van der Waals surface area contributed by atoms with Gasteiger partial charge in [-0.1, -0.05) is 31.2 Å². The molecule has 2 N–H and O–H groups in total. The van der Waals surface area contributed by atoms with Crippen LogP contribution < -0.4 is 10.5 Å². The number of hydrogen-bond acceptors (Lipinski definition) is 3. The van der Waals surface area contributed by atoms with Crippen LogP contribution in [0.4, 0.5) is 5.69 Å². The predicted octanol–water partition coefficient (Wildman–Crippen LogP) is 3.29. The lowest BCUT2D eigenvalue weighted by Gasteiger charge is -2.11. The minimum absolute atomic E-state index is 0.107. The molecular weight excluding hydrogens is 238 g/mol. The molecule has 2 aromatic carbocycles. The fourth-order valence-corrected chi connectivity index (χ4v) is 1.84. The van der Waals surface area contributed by atoms with Gasteiger partial charge in [0.05, 0.1) is 12.2 Å². The quantitative estimate of drug-likeness (QED) is 0.659. The third-order valence-corrected chi connectivity index (χ3v) is 2.80. The van der Waals surface area contributed by atoms with Gasteiger partial charge >= 0.3 is 0 Å². The van der Waals surface area contributed by atoms with E-state index in [1.54, 1.807) is 24.3 Å². The van der Waals surface area contributed by atoms with Crippen molar-refractivity contribution < 1.29 is 9.53 Å². The van der Waals surface area contributed by atoms with E-state index in [2.05, 4.69) is 0 Å². The van der Waals surface area contributed by atoms with Gasteiger partial charge in [0.25, 0.3) is 0 Å². The number of benzene rings is 2. The largest absolute Gasteiger partial charge is 0.493 e. The fraction of sp³-hybridized carbons (Fsp3) is 0.188. The predicted molar refractivity (Wildman–Crippen MR) is 76.5 cm³/mol. The van der Waals surface area contributed by atoms with E-state index in [-0.39, 0.29) is 5.78 Å². The van der Waals surface area contributed by atoms with Crippen molar-refractivity contribution in [1.29, 1.82) is 0 Å². The molecule has 2 aromatic rings. The number of nitrogens with two attached hydrogens (primary N) is 1. The molecule has 0 radical (unpaired) electrons. The second-order valence-corrected chi connectivity index (χ2v) is 4.26. The van der Waals surface area contributed by atoms with Crippen LogP contribution >= 0.6 is 0 Å². The Morgan fingerprint density at radius 2 is 1.68 bits per heavy atom. The summed E-state index contributed by atoms with van der Waals surface area (Å²) in [5, 5.41) is 0. The van der Waals surface area contributed by atoms with Gasteiger partial charge in [-0.25, -0.2) is 0 Å². The second-order valence-electron chi connectivity index (χ2n) is 4.26. The molecule has 3 heteroatoms. The molecule has 3 nitrogen and oxygen atoms in total. The molecule has 0 saturated carbocycles. The van der Waals surface area contributed by atoms with Crippen molar-refractivity contribution in [3.63, 3.8) is 0 Å². The molecule has 0 atom stereocenters. The van der Waals surface area contributed by atoms with E-state index in [1.165, 1.54) is 0 Å². The molecule has 0 heterocycles. The monoisotopic (exact) mass is 255 g/mol. The molecule has 0 unspecified atom stereocenters. The lowest BCUT2D eigenvalue weighted by atomic mass is 10.0. The molecule has 0 aliphatic carbocycles. The summed E-state index contributed by atoms with van der Waals surface area (Å²) in [5.41, 5.74) is 7.39. The first kappa shape index (κ1) is 13.1. The first-order valence-electron chi connectivity index (χ1n) is 6.35. The van der Waals surface area contributed by atoms with Crippen molar-refractivity contribution in [2.75, 3.05) is 12.3 Å². The summed E-state index contributed by atoms with van der Waals surface area (Å²) in [6.07, 6.45) is 0.899. The molecule has 0 saturated heterocycles. The van der Waals surface area contributed by atoms with Gasteiger partial charge in [0.15, 0.2) is 5.78 Å². The van der Waals surface area contributed by atoms with Gasteiger partial charge in [-0.3, -0.25) is 4.79 Å². The van der Waals surface area contributed by atoms with Crippen molar-refractivity contribution in [1.82, 2.24) is 0 Å². The van der Waals surface area contributed by atoms with Crippen LogP contribution in [0, 0.1) is 0 Å². The van der Waals surface area contributed by atoms with Gasteiger partial charge in [0.2, 0.25) is 0 Å². The number of rotatable bonds is 5. The zero-order valence-electron chi connectivity index (χ0n) is 10.9. The van der Waals surface area contributed by atoms with Gasteiger partial charge < -0.3 is 10.5 Å². The zero-order chi connectivity index (χ0) is 13.7. The Balaban J connectivity index is 2.36. The normalized spacial score (nSPS) is 10.2. The summed E-state index contributed by atoms with van der Waals surface area (Å²) in [6, 6.07) is 14.3. The number of ketones is 1. The van der Waals surface area contributed by atoms with Crippen molar-refractivity contribution in [2.45, 2.75) is 13.3 Å². The molecule has 0 aliphatic heterocycles. The Bertz CT molecular complexity index is 578. The van der Waals surface area contributed by atoms with Gasteiger partial charge in [-0.05, 0) is 30.7 Å². The lowest BCUT2D eigenvalue weighted by molar-refractivity contribution is 0.103. The number of anilines is 1. The van der Waals surface area contributed by atoms with E-state index < -0.39 is 0 Å². The van der Waals surface area contributed by atoms with Crippen LogP contribution in [0.5, 0.6) is 5.75 Å². The van der Waals surface area contributed by atoms with E-state index in [4.69, 9.17) is 10.5 Å². The summed E-state index contributed by atoms with van der Waals surface area (Å²) >= 11 is 0. The highest BCUT2D eigenvalue weighted by atomic mass is 16.5. The number of hydrogen-bond donors (Lipinski definition) is 1. The maximum absolute atomic E-state index is 12.5. The third-order valence-electron chi connectivity index (χ3n) is 2.80. The topological polar surface area (TPSA) is 52.3 Å². The first-order chi connectivity index (χ1) is 9.24. The Morgan fingerprint density at radius 3 is 2.37 bits per heavy atom. The Labute approximate surface area is 113 Å². The van der Waals surface area contributed by atoms with Gasteiger partial charge in [0.1, 0.15) is 5.75 Å². The van der Waals surface area contributed by atoms with Crippen LogP contribution in [0.3, 0.4) is 0 Å². The standard InChI is InChI=1S/C16H17NO2/c1-2-11-19-15-10-6-4-8-13(15)16(18)12-7-3-5-9-14(12)17/h3-10H,2,11,17H2,1H3. The van der Waals surface area contributed by atoms with Crippen LogP contribution in [0.25, 0.3) is 0 Å². The van der Waals surface area contributed by atoms with Crippen molar-refractivity contribution >= 4 is 11.5 Å². The smallest absolute Gasteiger partial charge is 0.198 e. The van der Waals surface area contributed by atoms with Crippen LogP contribution in [-0.4, -0.2) is 12.4 Å². The molecule has 0 aromatic heterocycles. The number of carbonyl (C=O) groups is 1. The van der Waals surface area contributed by atoms with E-state index in [0.717, 1.165) is 6.42 Å². The maximum Gasteiger partial charge on any atom is 0.198 e. The van der Waals surface area contributed by atoms with Crippen molar-refractivity contribution in [3.05, 3.63) is 59.7 Å². The fourth-order valence-electron chi connectivity index (χ4n) is 1.84. The number of ether oxygens (including phenoxy) is 1. The van der Waals surface area contributed by atoms with Crippen molar-refractivity contribution in [2.24, 2.45) is 0 Å². The van der Waals surface area contributed by atoms with E-state index in [0.29, 0.717) is 29.2 Å². The Kier molecular flexibility index (Phi) is 4.18. The third kappa shape index (κ3) is 2.94. The van der Waals surface area contributed by atoms with E-state index in [1.807, 2.05) is 31.2 Å². The number of nitrogen functional groups attached to an aromatic ring is 1. The summed E-state index contributed by atoms with van der Waals surface area (Å²) in [4.78, 5) is 12.5. The van der Waals surface area contributed by atoms with Gasteiger partial charge in [-0.2, -0.15) is 0 Å². The molecule has 0 aliphatic rings. The highest BCUT2D eigenvalue weighted by Crippen LogP contribution is 2.24. The molecule has 2 rings (SSSR count). The van der Waals surface area contributed by atoms with Crippen LogP contribution in [-0.2, 0) is 0 Å². The minimum atomic E-state index is -0.107. The molecule has 0 amide bonds. The van der Waals surface area contributed by atoms with Crippen LogP contribution in [0.2, 0.25) is 0 Å².